The molecule has 0 saturated carbocycles. The first-order valence-corrected chi connectivity index (χ1v) is 11.0. The van der Waals surface area contributed by atoms with E-state index in [4.69, 9.17) is 11.6 Å². The van der Waals surface area contributed by atoms with E-state index in [1.54, 1.807) is 6.92 Å². The lowest BCUT2D eigenvalue weighted by molar-refractivity contribution is -0.118. The molecule has 5 nitrogen and oxygen atoms in total. The normalized spacial score (nSPS) is 11.7. The number of hydrazone groups is 1. The fraction of sp³-hybridized carbons (Fsp3) is 0.261. The standard InChI is InChI=1S/C23H24ClN3O2S/c1-5-15-9-10-18-19(11-15)30-21(20(18)24)23(29)27-26-14(4)16-7-6-8-17(12-16)25-22(28)13(2)3/h6-13H,5H2,1-4H3,(H,25,28)(H,27,29)/b26-14-. The molecule has 7 heteroatoms. The second-order valence-corrected chi connectivity index (χ2v) is 8.72. The smallest absolute Gasteiger partial charge is 0.283 e. The summed E-state index contributed by atoms with van der Waals surface area (Å²) >= 11 is 7.80. The summed E-state index contributed by atoms with van der Waals surface area (Å²) in [5.41, 5.74) is 5.90. The highest BCUT2D eigenvalue weighted by atomic mass is 35.5. The summed E-state index contributed by atoms with van der Waals surface area (Å²) in [6.07, 6.45) is 0.924. The Balaban J connectivity index is 1.77. The molecular formula is C23H24ClN3O2S. The number of carbonyl (C=O) groups excluding carboxylic acids is 2. The van der Waals surface area contributed by atoms with Gasteiger partial charge in [0.15, 0.2) is 0 Å². The average molecular weight is 442 g/mol. The van der Waals surface area contributed by atoms with Gasteiger partial charge < -0.3 is 5.32 Å². The number of benzene rings is 2. The van der Waals surface area contributed by atoms with Crippen LogP contribution in [0.5, 0.6) is 0 Å². The molecule has 0 saturated heterocycles. The molecule has 0 aliphatic heterocycles. The summed E-state index contributed by atoms with van der Waals surface area (Å²) in [5.74, 6) is -0.509. The van der Waals surface area contributed by atoms with Crippen molar-refractivity contribution in [1.82, 2.24) is 5.43 Å². The second-order valence-electron chi connectivity index (χ2n) is 7.29. The maximum Gasteiger partial charge on any atom is 0.283 e. The van der Waals surface area contributed by atoms with Crippen LogP contribution in [0.4, 0.5) is 5.69 Å². The molecule has 3 aromatic rings. The van der Waals surface area contributed by atoms with Gasteiger partial charge in [-0.25, -0.2) is 5.43 Å². The number of nitrogens with zero attached hydrogens (tertiary/aromatic N) is 1. The SMILES string of the molecule is CCc1ccc2c(Cl)c(C(=O)N/N=C(/C)c3cccc(NC(=O)C(C)C)c3)sc2c1. The van der Waals surface area contributed by atoms with Crippen LogP contribution in [0.2, 0.25) is 5.02 Å². The van der Waals surface area contributed by atoms with E-state index in [1.807, 2.05) is 50.2 Å². The minimum atomic E-state index is -0.345. The molecular weight excluding hydrogens is 418 g/mol. The second kappa shape index (κ2) is 9.41. The number of fused-ring (bicyclic) bond motifs is 1. The van der Waals surface area contributed by atoms with Gasteiger partial charge in [0.2, 0.25) is 5.91 Å². The molecule has 0 fully saturated rings. The predicted octanol–water partition coefficient (Wildman–Crippen LogP) is 5.87. The number of hydrogen-bond acceptors (Lipinski definition) is 4. The quantitative estimate of drug-likeness (QED) is 0.371. The van der Waals surface area contributed by atoms with Gasteiger partial charge in [-0.2, -0.15) is 5.10 Å². The summed E-state index contributed by atoms with van der Waals surface area (Å²) in [5, 5.41) is 8.40. The number of thiophene rings is 1. The summed E-state index contributed by atoms with van der Waals surface area (Å²) in [6.45, 7) is 7.56. The van der Waals surface area contributed by atoms with Gasteiger partial charge in [-0.3, -0.25) is 9.59 Å². The molecule has 0 aliphatic rings. The van der Waals surface area contributed by atoms with Gasteiger partial charge in [0, 0.05) is 21.7 Å². The van der Waals surface area contributed by atoms with E-state index in [9.17, 15) is 9.59 Å². The molecule has 2 aromatic carbocycles. The van der Waals surface area contributed by atoms with Crippen molar-refractivity contribution in [3.05, 3.63) is 63.5 Å². The van der Waals surface area contributed by atoms with Crippen molar-refractivity contribution in [3.8, 4) is 0 Å². The van der Waals surface area contributed by atoms with E-state index in [-0.39, 0.29) is 17.7 Å². The molecule has 0 bridgehead atoms. The first kappa shape index (κ1) is 22.0. The van der Waals surface area contributed by atoms with E-state index in [0.717, 1.165) is 22.1 Å². The molecule has 0 radical (unpaired) electrons. The molecule has 3 rings (SSSR count). The van der Waals surface area contributed by atoms with Crippen LogP contribution >= 0.6 is 22.9 Å². The lowest BCUT2D eigenvalue weighted by Crippen LogP contribution is -2.19. The van der Waals surface area contributed by atoms with E-state index < -0.39 is 0 Å². The Hall–Kier alpha value is -2.70. The largest absolute Gasteiger partial charge is 0.326 e. The third-order valence-electron chi connectivity index (χ3n) is 4.71. The van der Waals surface area contributed by atoms with Crippen LogP contribution in [-0.4, -0.2) is 17.5 Å². The van der Waals surface area contributed by atoms with Crippen molar-refractivity contribution in [2.24, 2.45) is 11.0 Å². The van der Waals surface area contributed by atoms with Crippen molar-refractivity contribution in [3.63, 3.8) is 0 Å². The van der Waals surface area contributed by atoms with E-state index >= 15 is 0 Å². The fourth-order valence-corrected chi connectivity index (χ4v) is 4.30. The van der Waals surface area contributed by atoms with Crippen molar-refractivity contribution in [2.45, 2.75) is 34.1 Å². The van der Waals surface area contributed by atoms with Gasteiger partial charge in [0.05, 0.1) is 10.7 Å². The zero-order valence-electron chi connectivity index (χ0n) is 17.4. The Morgan fingerprint density at radius 1 is 1.17 bits per heavy atom. The Labute approximate surface area is 185 Å². The molecule has 156 valence electrons. The van der Waals surface area contributed by atoms with Crippen molar-refractivity contribution >= 4 is 56.2 Å². The monoisotopic (exact) mass is 441 g/mol. The topological polar surface area (TPSA) is 70.6 Å². The maximum absolute atomic E-state index is 12.7. The van der Waals surface area contributed by atoms with Crippen molar-refractivity contribution < 1.29 is 9.59 Å². The maximum atomic E-state index is 12.7. The lowest BCUT2D eigenvalue weighted by atomic mass is 10.1. The van der Waals surface area contributed by atoms with Gasteiger partial charge in [0.25, 0.3) is 5.91 Å². The number of halogens is 1. The van der Waals surface area contributed by atoms with Gasteiger partial charge in [-0.1, -0.05) is 56.6 Å². The Morgan fingerprint density at radius 3 is 2.63 bits per heavy atom. The first-order valence-electron chi connectivity index (χ1n) is 9.77. The fourth-order valence-electron chi connectivity index (χ4n) is 2.83. The third-order valence-corrected chi connectivity index (χ3v) is 6.36. The minimum Gasteiger partial charge on any atom is -0.326 e. The third kappa shape index (κ3) is 4.89. The van der Waals surface area contributed by atoms with Gasteiger partial charge in [-0.05, 0) is 42.7 Å². The van der Waals surface area contributed by atoms with Crippen LogP contribution in [0, 0.1) is 5.92 Å². The van der Waals surface area contributed by atoms with Crippen LogP contribution < -0.4 is 10.7 Å². The van der Waals surface area contributed by atoms with Gasteiger partial charge in [-0.15, -0.1) is 11.3 Å². The highest BCUT2D eigenvalue weighted by molar-refractivity contribution is 7.21. The van der Waals surface area contributed by atoms with Crippen LogP contribution in [0.3, 0.4) is 0 Å². The average Bonchev–Trinajstić information content (AvgIpc) is 3.07. The Kier molecular flexibility index (Phi) is 6.90. The molecule has 0 unspecified atom stereocenters. The molecule has 2 N–H and O–H groups in total. The Morgan fingerprint density at radius 2 is 1.93 bits per heavy atom. The van der Waals surface area contributed by atoms with E-state index in [0.29, 0.717) is 21.3 Å². The van der Waals surface area contributed by atoms with E-state index in [2.05, 4.69) is 28.8 Å². The summed E-state index contributed by atoms with van der Waals surface area (Å²) in [7, 11) is 0. The number of anilines is 1. The lowest BCUT2D eigenvalue weighted by Gasteiger charge is -2.09. The number of hydrogen-bond donors (Lipinski definition) is 2. The number of amides is 2. The molecule has 0 spiro atoms. The van der Waals surface area contributed by atoms with Crippen LogP contribution in [-0.2, 0) is 11.2 Å². The van der Waals surface area contributed by atoms with Gasteiger partial charge >= 0.3 is 0 Å². The number of carbonyl (C=O) groups is 2. The van der Waals surface area contributed by atoms with Crippen LogP contribution in [0.1, 0.15) is 48.5 Å². The minimum absolute atomic E-state index is 0.0549. The van der Waals surface area contributed by atoms with Crippen LogP contribution in [0.15, 0.2) is 47.6 Å². The molecule has 1 aromatic heterocycles. The first-order chi connectivity index (χ1) is 14.3. The summed E-state index contributed by atoms with van der Waals surface area (Å²) < 4.78 is 0.985. The molecule has 0 atom stereocenters. The zero-order chi connectivity index (χ0) is 21.8. The van der Waals surface area contributed by atoms with Crippen LogP contribution in [0.25, 0.3) is 10.1 Å². The molecule has 0 aliphatic carbocycles. The molecule has 30 heavy (non-hydrogen) atoms. The highest BCUT2D eigenvalue weighted by Gasteiger charge is 2.17. The molecule has 2 amide bonds. The van der Waals surface area contributed by atoms with Crippen molar-refractivity contribution in [2.75, 3.05) is 5.32 Å². The molecule has 1 heterocycles. The number of aryl methyl sites for hydroxylation is 1. The number of nitrogens with one attached hydrogen (secondary N) is 2. The summed E-state index contributed by atoms with van der Waals surface area (Å²) in [4.78, 5) is 25.0. The zero-order valence-corrected chi connectivity index (χ0v) is 18.9. The highest BCUT2D eigenvalue weighted by Crippen LogP contribution is 2.35. The number of rotatable bonds is 6. The Bertz CT molecular complexity index is 1130. The predicted molar refractivity (Wildman–Crippen MR) is 126 cm³/mol. The van der Waals surface area contributed by atoms with E-state index in [1.165, 1.54) is 16.9 Å². The summed E-state index contributed by atoms with van der Waals surface area (Å²) in [6, 6.07) is 13.4. The van der Waals surface area contributed by atoms with Gasteiger partial charge in [0.1, 0.15) is 4.88 Å². The van der Waals surface area contributed by atoms with Crippen molar-refractivity contribution in [1.29, 1.82) is 0 Å².